The number of hydrogen-bond acceptors (Lipinski definition) is 4. The molecule has 106 valence electrons. The van der Waals surface area contributed by atoms with E-state index in [2.05, 4.69) is 4.98 Å². The van der Waals surface area contributed by atoms with Crippen LogP contribution in [0.4, 0.5) is 0 Å². The number of aliphatic carboxylic acids is 1. The molecule has 0 radical (unpaired) electrons. The number of carboxylic acid groups (broad SMARTS) is 1. The van der Waals surface area contributed by atoms with E-state index in [1.165, 1.54) is 15.9 Å². The molecule has 0 aliphatic heterocycles. The fourth-order valence-corrected chi connectivity index (χ4v) is 2.68. The van der Waals surface area contributed by atoms with Crippen molar-refractivity contribution in [2.75, 3.05) is 7.05 Å². The molecule has 1 N–H and O–H groups in total. The summed E-state index contributed by atoms with van der Waals surface area (Å²) in [5.41, 5.74) is 3.03. The van der Waals surface area contributed by atoms with Crippen molar-refractivity contribution in [3.05, 3.63) is 40.1 Å². The summed E-state index contributed by atoms with van der Waals surface area (Å²) in [4.78, 5) is 29.8. The molecule has 6 nitrogen and oxygen atoms in total. The number of rotatable bonds is 5. The highest BCUT2D eigenvalue weighted by Gasteiger charge is 2.18. The van der Waals surface area contributed by atoms with E-state index >= 15 is 0 Å². The van der Waals surface area contributed by atoms with Crippen molar-refractivity contribution >= 4 is 23.2 Å². The van der Waals surface area contributed by atoms with E-state index in [0.717, 1.165) is 10.6 Å². The number of carboxylic acids is 1. The smallest absolute Gasteiger partial charge is 0.323 e. The summed E-state index contributed by atoms with van der Waals surface area (Å²) >= 11 is 1.50. The molecule has 0 aliphatic rings. The van der Waals surface area contributed by atoms with Gasteiger partial charge >= 0.3 is 5.97 Å². The maximum atomic E-state index is 12.3. The Balaban J connectivity index is 2.13. The number of carbonyl (C=O) groups excluding carboxylic acids is 1. The molecule has 0 saturated heterocycles. The fourth-order valence-electron chi connectivity index (χ4n) is 1.85. The normalized spacial score (nSPS) is 10.5. The maximum absolute atomic E-state index is 12.3. The monoisotopic (exact) mass is 293 g/mol. The van der Waals surface area contributed by atoms with Crippen molar-refractivity contribution in [3.63, 3.8) is 0 Å². The van der Waals surface area contributed by atoms with Gasteiger partial charge in [0.15, 0.2) is 0 Å². The summed E-state index contributed by atoms with van der Waals surface area (Å²) < 4.78 is 1.43. The van der Waals surface area contributed by atoms with Crippen LogP contribution >= 0.6 is 11.3 Å². The Bertz CT molecular complexity index is 632. The molecule has 7 heteroatoms. The third-order valence-corrected chi connectivity index (χ3v) is 3.85. The molecule has 0 aliphatic carbocycles. The molecule has 2 aromatic rings. The van der Waals surface area contributed by atoms with Crippen LogP contribution < -0.4 is 0 Å². The molecule has 0 unspecified atom stereocenters. The molecular formula is C13H15N3O3S. The van der Waals surface area contributed by atoms with Gasteiger partial charge in [-0.1, -0.05) is 0 Å². The highest BCUT2D eigenvalue weighted by Crippen LogP contribution is 2.16. The lowest BCUT2D eigenvalue weighted by molar-refractivity contribution is -0.137. The van der Waals surface area contributed by atoms with Crippen LogP contribution in [-0.4, -0.2) is 38.5 Å². The van der Waals surface area contributed by atoms with Crippen molar-refractivity contribution in [2.45, 2.75) is 20.0 Å². The van der Waals surface area contributed by atoms with Crippen LogP contribution in [-0.2, 0) is 17.9 Å². The van der Waals surface area contributed by atoms with E-state index in [1.807, 2.05) is 6.92 Å². The topological polar surface area (TPSA) is 75.4 Å². The van der Waals surface area contributed by atoms with Gasteiger partial charge in [0.05, 0.1) is 17.7 Å². The highest BCUT2D eigenvalue weighted by atomic mass is 32.1. The van der Waals surface area contributed by atoms with E-state index in [0.29, 0.717) is 12.2 Å². The van der Waals surface area contributed by atoms with Crippen molar-refractivity contribution in [3.8, 4) is 0 Å². The maximum Gasteiger partial charge on any atom is 0.323 e. The van der Waals surface area contributed by atoms with Gasteiger partial charge in [0.1, 0.15) is 12.2 Å². The first-order valence-electron chi connectivity index (χ1n) is 6.00. The molecule has 2 heterocycles. The molecule has 0 saturated carbocycles. The van der Waals surface area contributed by atoms with Gasteiger partial charge in [0.2, 0.25) is 0 Å². The zero-order valence-corrected chi connectivity index (χ0v) is 12.1. The average molecular weight is 293 g/mol. The lowest BCUT2D eigenvalue weighted by Crippen LogP contribution is -2.28. The average Bonchev–Trinajstić information content (AvgIpc) is 2.98. The summed E-state index contributed by atoms with van der Waals surface area (Å²) in [7, 11) is 1.69. The number of aryl methyl sites for hydroxylation is 1. The molecule has 2 rings (SSSR count). The zero-order valence-electron chi connectivity index (χ0n) is 11.2. The first kappa shape index (κ1) is 14.3. The van der Waals surface area contributed by atoms with Crippen molar-refractivity contribution in [2.24, 2.45) is 0 Å². The second-order valence-electron chi connectivity index (χ2n) is 4.44. The van der Waals surface area contributed by atoms with Gasteiger partial charge in [-0.15, -0.1) is 11.3 Å². The Kier molecular flexibility index (Phi) is 4.19. The van der Waals surface area contributed by atoms with Crippen molar-refractivity contribution in [1.82, 2.24) is 14.5 Å². The van der Waals surface area contributed by atoms with E-state index in [1.54, 1.807) is 35.8 Å². The van der Waals surface area contributed by atoms with Crippen LogP contribution in [0.15, 0.2) is 23.8 Å². The standard InChI is InChI=1S/C13H15N3O3S/c1-9-11(20-8-14-9)6-15(2)13(19)10-4-3-5-16(10)7-12(17)18/h3-5,8H,6-7H2,1-2H3,(H,17,18). The quantitative estimate of drug-likeness (QED) is 0.908. The molecule has 2 aromatic heterocycles. The molecule has 20 heavy (non-hydrogen) atoms. The predicted molar refractivity (Wildman–Crippen MR) is 74.7 cm³/mol. The Labute approximate surface area is 120 Å². The summed E-state index contributed by atoms with van der Waals surface area (Å²) in [6, 6.07) is 3.29. The van der Waals surface area contributed by atoms with Gasteiger partial charge in [-0.2, -0.15) is 0 Å². The Morgan fingerprint density at radius 2 is 2.25 bits per heavy atom. The summed E-state index contributed by atoms with van der Waals surface area (Å²) in [6.07, 6.45) is 1.59. The fraction of sp³-hybridized carbons (Fsp3) is 0.308. The summed E-state index contributed by atoms with van der Waals surface area (Å²) in [5, 5.41) is 8.82. The zero-order chi connectivity index (χ0) is 14.7. The second-order valence-corrected chi connectivity index (χ2v) is 5.38. The third kappa shape index (κ3) is 3.05. The Morgan fingerprint density at radius 1 is 1.50 bits per heavy atom. The predicted octanol–water partition coefficient (Wildman–Crippen LogP) is 1.61. The van der Waals surface area contributed by atoms with Crippen LogP contribution in [0.1, 0.15) is 21.1 Å². The number of carbonyl (C=O) groups is 2. The highest BCUT2D eigenvalue weighted by molar-refractivity contribution is 7.09. The van der Waals surface area contributed by atoms with Crippen molar-refractivity contribution < 1.29 is 14.7 Å². The van der Waals surface area contributed by atoms with Gasteiger partial charge in [-0.3, -0.25) is 9.59 Å². The van der Waals surface area contributed by atoms with Crippen LogP contribution in [0, 0.1) is 6.92 Å². The lowest BCUT2D eigenvalue weighted by atomic mass is 10.3. The number of aromatic nitrogens is 2. The summed E-state index contributed by atoms with van der Waals surface area (Å²) in [6.45, 7) is 2.15. The first-order chi connectivity index (χ1) is 9.49. The van der Waals surface area contributed by atoms with Crippen LogP contribution in [0.2, 0.25) is 0 Å². The van der Waals surface area contributed by atoms with E-state index in [4.69, 9.17) is 5.11 Å². The molecule has 0 bridgehead atoms. The number of amides is 1. The number of thiazole rings is 1. The third-order valence-electron chi connectivity index (χ3n) is 2.93. The van der Waals surface area contributed by atoms with Gasteiger partial charge in [-0.25, -0.2) is 4.98 Å². The van der Waals surface area contributed by atoms with Gasteiger partial charge in [-0.05, 0) is 19.1 Å². The second kappa shape index (κ2) is 5.87. The number of hydrogen-bond donors (Lipinski definition) is 1. The van der Waals surface area contributed by atoms with Crippen LogP contribution in [0.25, 0.3) is 0 Å². The van der Waals surface area contributed by atoms with Gasteiger partial charge in [0, 0.05) is 18.1 Å². The molecule has 1 amide bonds. The van der Waals surface area contributed by atoms with Gasteiger partial charge in [0.25, 0.3) is 5.91 Å². The molecule has 0 spiro atoms. The summed E-state index contributed by atoms with van der Waals surface area (Å²) in [5.74, 6) is -1.18. The van der Waals surface area contributed by atoms with E-state index in [9.17, 15) is 9.59 Å². The largest absolute Gasteiger partial charge is 0.480 e. The Morgan fingerprint density at radius 3 is 2.85 bits per heavy atom. The minimum absolute atomic E-state index is 0.205. The van der Waals surface area contributed by atoms with Gasteiger partial charge < -0.3 is 14.6 Å². The molecular weight excluding hydrogens is 278 g/mol. The number of nitrogens with zero attached hydrogens (tertiary/aromatic N) is 3. The SMILES string of the molecule is Cc1ncsc1CN(C)C(=O)c1cccn1CC(=O)O. The molecule has 0 fully saturated rings. The van der Waals surface area contributed by atoms with Crippen molar-refractivity contribution in [1.29, 1.82) is 0 Å². The molecule has 0 atom stereocenters. The first-order valence-corrected chi connectivity index (χ1v) is 6.88. The lowest BCUT2D eigenvalue weighted by Gasteiger charge is -2.17. The van der Waals surface area contributed by atoms with E-state index in [-0.39, 0.29) is 12.5 Å². The van der Waals surface area contributed by atoms with Crippen LogP contribution in [0.5, 0.6) is 0 Å². The van der Waals surface area contributed by atoms with E-state index < -0.39 is 5.97 Å². The minimum Gasteiger partial charge on any atom is -0.480 e. The Hall–Kier alpha value is -2.15. The minimum atomic E-state index is -0.976. The van der Waals surface area contributed by atoms with Crippen LogP contribution in [0.3, 0.4) is 0 Å². The molecule has 0 aromatic carbocycles.